The normalized spacial score (nSPS) is 19.8. The highest BCUT2D eigenvalue weighted by Gasteiger charge is 2.51. The summed E-state index contributed by atoms with van der Waals surface area (Å²) in [7, 11) is 0. The summed E-state index contributed by atoms with van der Waals surface area (Å²) in [4.78, 5) is 20.9. The molecule has 1 amide bonds. The minimum absolute atomic E-state index is 0.0650. The van der Waals surface area contributed by atoms with E-state index in [9.17, 15) is 9.18 Å². The molecule has 0 unspecified atom stereocenters. The lowest BCUT2D eigenvalue weighted by Crippen LogP contribution is -2.39. The molecule has 1 atom stereocenters. The number of halogens is 1. The maximum absolute atomic E-state index is 14.3. The monoisotopic (exact) mass is 462 g/mol. The van der Waals surface area contributed by atoms with Crippen molar-refractivity contribution >= 4 is 17.3 Å². The van der Waals surface area contributed by atoms with Crippen LogP contribution in [-0.4, -0.2) is 41.7 Å². The van der Waals surface area contributed by atoms with E-state index in [-0.39, 0.29) is 23.2 Å². The summed E-state index contributed by atoms with van der Waals surface area (Å²) in [6.07, 6.45) is 7.56. The molecule has 34 heavy (non-hydrogen) atoms. The molecule has 7 nitrogen and oxygen atoms in total. The number of benzene rings is 1. The number of rotatable bonds is 7. The van der Waals surface area contributed by atoms with Gasteiger partial charge in [0.15, 0.2) is 0 Å². The Morgan fingerprint density at radius 2 is 2.18 bits per heavy atom. The van der Waals surface area contributed by atoms with E-state index >= 15 is 0 Å². The van der Waals surface area contributed by atoms with Crippen molar-refractivity contribution in [2.24, 2.45) is 0 Å². The van der Waals surface area contributed by atoms with Gasteiger partial charge < -0.3 is 25.1 Å². The first-order chi connectivity index (χ1) is 16.6. The first kappa shape index (κ1) is 21.2. The van der Waals surface area contributed by atoms with Crippen LogP contribution in [0.2, 0.25) is 0 Å². The van der Waals surface area contributed by atoms with Gasteiger partial charge in [-0.1, -0.05) is 6.07 Å². The van der Waals surface area contributed by atoms with E-state index < -0.39 is 0 Å². The fourth-order valence-electron chi connectivity index (χ4n) is 4.85. The van der Waals surface area contributed by atoms with Crippen molar-refractivity contribution < 1.29 is 18.7 Å². The topological polar surface area (TPSA) is 88.3 Å². The number of ether oxygens (including phenoxy) is 2. The predicted octanol–water partition coefficient (Wildman–Crippen LogP) is 4.60. The average Bonchev–Trinajstić information content (AvgIpc) is 3.49. The molecule has 3 N–H and O–H groups in total. The summed E-state index contributed by atoms with van der Waals surface area (Å²) in [6, 6.07) is 6.79. The van der Waals surface area contributed by atoms with E-state index in [1.54, 1.807) is 25.4 Å². The molecule has 1 aromatic carbocycles. The fourth-order valence-corrected chi connectivity index (χ4v) is 4.85. The number of carbonyl (C=O) groups is 1. The summed E-state index contributed by atoms with van der Waals surface area (Å²) >= 11 is 0. The lowest BCUT2D eigenvalue weighted by molar-refractivity contribution is -0.0596. The van der Waals surface area contributed by atoms with Gasteiger partial charge in [-0.05, 0) is 44.4 Å². The third-order valence-corrected chi connectivity index (χ3v) is 7.27. The van der Waals surface area contributed by atoms with Crippen LogP contribution in [0.15, 0.2) is 36.7 Å². The van der Waals surface area contributed by atoms with Crippen LogP contribution in [0, 0.1) is 12.7 Å². The second-order valence-electron chi connectivity index (χ2n) is 9.42. The highest BCUT2D eigenvalue weighted by atomic mass is 19.1. The Morgan fingerprint density at radius 1 is 1.32 bits per heavy atom. The average molecular weight is 463 g/mol. The van der Waals surface area contributed by atoms with Gasteiger partial charge in [0.2, 0.25) is 0 Å². The Bertz CT molecular complexity index is 1260. The molecule has 2 aromatic heterocycles. The minimum Gasteiger partial charge on any atom is -0.491 e. The summed E-state index contributed by atoms with van der Waals surface area (Å²) in [6.45, 7) is 3.68. The smallest absolute Gasteiger partial charge is 0.255 e. The van der Waals surface area contributed by atoms with Crippen LogP contribution in [0.1, 0.15) is 47.3 Å². The van der Waals surface area contributed by atoms with Crippen molar-refractivity contribution in [3.8, 4) is 17.0 Å². The van der Waals surface area contributed by atoms with Gasteiger partial charge in [-0.25, -0.2) is 4.39 Å². The molecular formula is C26H27FN4O3. The second kappa shape index (κ2) is 8.13. The molecule has 176 valence electrons. The molecule has 6 rings (SSSR count). The van der Waals surface area contributed by atoms with Crippen LogP contribution in [-0.2, 0) is 10.2 Å². The highest BCUT2D eigenvalue weighted by Crippen LogP contribution is 2.54. The molecule has 0 bridgehead atoms. The standard InChI is InChI=1S/C26H27FN4O3/c1-15-18(27)3-2-4-19(15)30-23-21-24(26(8-9-26)14-29-25(21)32)31-22(23)17-5-10-28-13-20(17)34-12-7-16-6-11-33-16/h2-5,10,13,16,30-31H,6-9,11-12,14H2,1H3,(H,29,32)/t16-/m0/s1. The van der Waals surface area contributed by atoms with Gasteiger partial charge in [0, 0.05) is 53.7 Å². The minimum atomic E-state index is -0.301. The number of nitrogens with one attached hydrogen (secondary N) is 3. The van der Waals surface area contributed by atoms with Gasteiger partial charge in [0.1, 0.15) is 11.6 Å². The van der Waals surface area contributed by atoms with Gasteiger partial charge in [-0.2, -0.15) is 0 Å². The zero-order valence-electron chi connectivity index (χ0n) is 19.0. The molecule has 1 saturated heterocycles. The fraction of sp³-hybridized carbons (Fsp3) is 0.385. The number of hydrogen-bond acceptors (Lipinski definition) is 5. The molecule has 1 aliphatic carbocycles. The number of amides is 1. The van der Waals surface area contributed by atoms with Crippen LogP contribution >= 0.6 is 0 Å². The number of nitrogens with zero attached hydrogens (tertiary/aromatic N) is 1. The predicted molar refractivity (Wildman–Crippen MR) is 126 cm³/mol. The molecule has 3 aromatic rings. The van der Waals surface area contributed by atoms with Crippen LogP contribution in [0.4, 0.5) is 15.8 Å². The van der Waals surface area contributed by atoms with Crippen molar-refractivity contribution in [1.29, 1.82) is 0 Å². The maximum atomic E-state index is 14.3. The van der Waals surface area contributed by atoms with Gasteiger partial charge in [-0.3, -0.25) is 9.78 Å². The number of H-pyrrole nitrogens is 1. The molecule has 1 spiro atoms. The molecule has 2 fully saturated rings. The number of anilines is 2. The number of carbonyl (C=O) groups excluding carboxylic acids is 1. The van der Waals surface area contributed by atoms with Gasteiger partial charge in [0.05, 0.1) is 35.9 Å². The Morgan fingerprint density at radius 3 is 2.94 bits per heavy atom. The molecule has 1 saturated carbocycles. The van der Waals surface area contributed by atoms with Crippen LogP contribution in [0.5, 0.6) is 5.75 Å². The zero-order valence-corrected chi connectivity index (χ0v) is 19.0. The molecule has 4 heterocycles. The lowest BCUT2D eigenvalue weighted by Gasteiger charge is -2.26. The van der Waals surface area contributed by atoms with E-state index in [0.29, 0.717) is 41.4 Å². The van der Waals surface area contributed by atoms with Crippen molar-refractivity contribution in [1.82, 2.24) is 15.3 Å². The van der Waals surface area contributed by atoms with E-state index in [1.807, 2.05) is 12.1 Å². The number of aromatic nitrogens is 2. The van der Waals surface area contributed by atoms with E-state index in [0.717, 1.165) is 49.2 Å². The molecule has 0 radical (unpaired) electrons. The number of fused-ring (bicyclic) bond motifs is 2. The van der Waals surface area contributed by atoms with Crippen LogP contribution in [0.3, 0.4) is 0 Å². The molecule has 3 aliphatic rings. The van der Waals surface area contributed by atoms with Gasteiger partial charge in [0.25, 0.3) is 5.91 Å². The third kappa shape index (κ3) is 3.53. The number of hydrogen-bond donors (Lipinski definition) is 3. The first-order valence-corrected chi connectivity index (χ1v) is 11.8. The maximum Gasteiger partial charge on any atom is 0.255 e. The largest absolute Gasteiger partial charge is 0.491 e. The Balaban J connectivity index is 1.44. The number of pyridine rings is 1. The van der Waals surface area contributed by atoms with Gasteiger partial charge >= 0.3 is 0 Å². The highest BCUT2D eigenvalue weighted by molar-refractivity contribution is 6.07. The van der Waals surface area contributed by atoms with E-state index in [4.69, 9.17) is 9.47 Å². The van der Waals surface area contributed by atoms with Crippen molar-refractivity contribution in [3.05, 3.63) is 59.3 Å². The lowest BCUT2D eigenvalue weighted by atomic mass is 9.93. The third-order valence-electron chi connectivity index (χ3n) is 7.27. The summed E-state index contributed by atoms with van der Waals surface area (Å²) < 4.78 is 25.9. The number of aromatic amines is 1. The Hall–Kier alpha value is -3.39. The van der Waals surface area contributed by atoms with Crippen LogP contribution in [0.25, 0.3) is 11.3 Å². The van der Waals surface area contributed by atoms with Crippen LogP contribution < -0.4 is 15.4 Å². The molecular weight excluding hydrogens is 435 g/mol. The van der Waals surface area contributed by atoms with Crippen molar-refractivity contribution in [2.75, 3.05) is 25.1 Å². The van der Waals surface area contributed by atoms with Crippen molar-refractivity contribution in [3.63, 3.8) is 0 Å². The first-order valence-electron chi connectivity index (χ1n) is 11.8. The zero-order chi connectivity index (χ0) is 23.3. The SMILES string of the molecule is Cc1c(F)cccc1Nc1c(-c2ccncc2OCC[C@@H]2CCO2)[nH]c2c1C(=O)NCC21CC1. The van der Waals surface area contributed by atoms with E-state index in [2.05, 4.69) is 20.6 Å². The summed E-state index contributed by atoms with van der Waals surface area (Å²) in [5.41, 5.74) is 4.75. The quantitative estimate of drug-likeness (QED) is 0.478. The second-order valence-corrected chi connectivity index (χ2v) is 9.42. The molecule has 8 heteroatoms. The summed E-state index contributed by atoms with van der Waals surface area (Å²) in [5, 5.41) is 6.43. The Kier molecular flexibility index (Phi) is 5.06. The van der Waals surface area contributed by atoms with E-state index in [1.165, 1.54) is 6.07 Å². The molecule has 2 aliphatic heterocycles. The summed E-state index contributed by atoms with van der Waals surface area (Å²) in [5.74, 6) is 0.195. The van der Waals surface area contributed by atoms with Gasteiger partial charge in [-0.15, -0.1) is 0 Å². The Labute approximate surface area is 197 Å². The van der Waals surface area contributed by atoms with Crippen molar-refractivity contribution in [2.45, 2.75) is 44.1 Å².